The van der Waals surface area contributed by atoms with E-state index in [0.717, 1.165) is 16.8 Å². The third kappa shape index (κ3) is 3.84. The summed E-state index contributed by atoms with van der Waals surface area (Å²) in [6, 6.07) is 13.2. The Morgan fingerprint density at radius 1 is 1.12 bits per heavy atom. The zero-order valence-corrected chi connectivity index (χ0v) is 16.2. The zero-order valence-electron chi connectivity index (χ0n) is 14.6. The van der Waals surface area contributed by atoms with Crippen molar-refractivity contribution in [3.63, 3.8) is 0 Å². The summed E-state index contributed by atoms with van der Waals surface area (Å²) in [5.41, 5.74) is 5.79. The van der Waals surface area contributed by atoms with Gasteiger partial charge in [-0.25, -0.2) is 5.01 Å². The van der Waals surface area contributed by atoms with Crippen LogP contribution in [0.4, 0.5) is 5.69 Å². The maximum absolute atomic E-state index is 12.7. The van der Waals surface area contributed by atoms with Gasteiger partial charge in [0.05, 0.1) is 24.8 Å². The number of hydrazine groups is 1. The van der Waals surface area contributed by atoms with Gasteiger partial charge in [-0.2, -0.15) is 0 Å². The summed E-state index contributed by atoms with van der Waals surface area (Å²) in [6.07, 6.45) is 1.77. The highest BCUT2D eigenvalue weighted by molar-refractivity contribution is 8.26. The number of thiocarbonyl (C=S) groups is 1. The van der Waals surface area contributed by atoms with Crippen molar-refractivity contribution in [1.82, 2.24) is 5.01 Å². The molecule has 0 aliphatic carbocycles. The van der Waals surface area contributed by atoms with Gasteiger partial charge in [0.25, 0.3) is 5.91 Å². The summed E-state index contributed by atoms with van der Waals surface area (Å²) in [5, 5.41) is 1.38. The van der Waals surface area contributed by atoms with Crippen LogP contribution in [0.1, 0.15) is 11.1 Å². The standard InChI is InChI=1S/C19H18N2O3S2/c1-12-4-7-14(8-5-12)20-21-18(22)17(26-19(21)25)10-13-6-9-15(23-2)11-16(13)24-3/h4-11,20H,1-3H3/b17-10+. The fourth-order valence-corrected chi connectivity index (χ4v) is 3.57. The second kappa shape index (κ2) is 7.80. The Balaban J connectivity index is 1.84. The lowest BCUT2D eigenvalue weighted by molar-refractivity contribution is -0.121. The van der Waals surface area contributed by atoms with Crippen LogP contribution in [0, 0.1) is 6.92 Å². The molecule has 7 heteroatoms. The van der Waals surface area contributed by atoms with Crippen LogP contribution in [0.3, 0.4) is 0 Å². The Labute approximate surface area is 161 Å². The lowest BCUT2D eigenvalue weighted by Crippen LogP contribution is -2.33. The molecule has 0 radical (unpaired) electrons. The van der Waals surface area contributed by atoms with E-state index in [-0.39, 0.29) is 5.91 Å². The molecular formula is C19H18N2O3S2. The molecule has 5 nitrogen and oxygen atoms in total. The maximum Gasteiger partial charge on any atom is 0.285 e. The number of nitrogens with one attached hydrogen (secondary N) is 1. The van der Waals surface area contributed by atoms with E-state index in [9.17, 15) is 4.79 Å². The van der Waals surface area contributed by atoms with Crippen molar-refractivity contribution in [2.45, 2.75) is 6.92 Å². The van der Waals surface area contributed by atoms with Crippen LogP contribution in [-0.2, 0) is 4.79 Å². The first kappa shape index (κ1) is 18.3. The maximum atomic E-state index is 12.7. The van der Waals surface area contributed by atoms with Crippen LogP contribution in [0.2, 0.25) is 0 Å². The van der Waals surface area contributed by atoms with E-state index >= 15 is 0 Å². The Hall–Kier alpha value is -2.51. The Morgan fingerprint density at radius 3 is 2.50 bits per heavy atom. The predicted octanol–water partition coefficient (Wildman–Crippen LogP) is 4.24. The van der Waals surface area contributed by atoms with E-state index in [1.165, 1.54) is 16.8 Å². The first-order valence-corrected chi connectivity index (χ1v) is 9.07. The van der Waals surface area contributed by atoms with Gasteiger partial charge >= 0.3 is 0 Å². The molecule has 0 unspecified atom stereocenters. The van der Waals surface area contributed by atoms with Crippen LogP contribution >= 0.6 is 24.0 Å². The van der Waals surface area contributed by atoms with E-state index in [4.69, 9.17) is 21.7 Å². The smallest absolute Gasteiger partial charge is 0.285 e. The van der Waals surface area contributed by atoms with Gasteiger partial charge in [0.1, 0.15) is 11.5 Å². The minimum atomic E-state index is -0.196. The number of rotatable bonds is 5. The molecule has 1 saturated heterocycles. The van der Waals surface area contributed by atoms with Crippen molar-refractivity contribution < 1.29 is 14.3 Å². The zero-order chi connectivity index (χ0) is 18.7. The number of ether oxygens (including phenoxy) is 2. The van der Waals surface area contributed by atoms with Gasteiger partial charge in [0, 0.05) is 11.6 Å². The molecule has 0 aromatic heterocycles. The number of hydrogen-bond donors (Lipinski definition) is 1. The van der Waals surface area contributed by atoms with Crippen LogP contribution in [0.15, 0.2) is 47.4 Å². The lowest BCUT2D eigenvalue weighted by atomic mass is 10.1. The van der Waals surface area contributed by atoms with Crippen molar-refractivity contribution in [1.29, 1.82) is 0 Å². The van der Waals surface area contributed by atoms with Gasteiger partial charge in [0.15, 0.2) is 4.32 Å². The highest BCUT2D eigenvalue weighted by Gasteiger charge is 2.32. The molecule has 1 heterocycles. The number of methoxy groups -OCH3 is 2. The fraction of sp³-hybridized carbons (Fsp3) is 0.158. The molecular weight excluding hydrogens is 368 g/mol. The molecule has 2 aromatic carbocycles. The lowest BCUT2D eigenvalue weighted by Gasteiger charge is -2.17. The number of benzene rings is 2. The van der Waals surface area contributed by atoms with Crippen molar-refractivity contribution in [3.8, 4) is 11.5 Å². The second-order valence-electron chi connectivity index (χ2n) is 5.60. The summed E-state index contributed by atoms with van der Waals surface area (Å²) >= 11 is 6.60. The van der Waals surface area contributed by atoms with Crippen molar-refractivity contribution in [2.75, 3.05) is 19.6 Å². The molecule has 1 aliphatic heterocycles. The minimum Gasteiger partial charge on any atom is -0.497 e. The number of nitrogens with zero attached hydrogens (tertiary/aromatic N) is 1. The van der Waals surface area contributed by atoms with Gasteiger partial charge in [-0.05, 0) is 49.5 Å². The van der Waals surface area contributed by atoms with Gasteiger partial charge in [-0.15, -0.1) is 0 Å². The van der Waals surface area contributed by atoms with Crippen LogP contribution in [0.25, 0.3) is 6.08 Å². The minimum absolute atomic E-state index is 0.196. The van der Waals surface area contributed by atoms with E-state index in [1.54, 1.807) is 26.4 Å². The van der Waals surface area contributed by atoms with E-state index in [1.807, 2.05) is 43.3 Å². The normalized spacial score (nSPS) is 15.5. The molecule has 0 spiro atoms. The van der Waals surface area contributed by atoms with Gasteiger partial charge < -0.3 is 9.47 Å². The van der Waals surface area contributed by atoms with E-state index < -0.39 is 0 Å². The van der Waals surface area contributed by atoms with Crippen molar-refractivity contribution in [3.05, 3.63) is 58.5 Å². The predicted molar refractivity (Wildman–Crippen MR) is 109 cm³/mol. The quantitative estimate of drug-likeness (QED) is 0.613. The van der Waals surface area contributed by atoms with E-state index in [2.05, 4.69) is 5.43 Å². The molecule has 0 saturated carbocycles. The SMILES string of the molecule is COc1ccc(/C=C2/SC(=S)N(Nc3ccc(C)cc3)C2=O)c(OC)c1. The van der Waals surface area contributed by atoms with Crippen LogP contribution in [-0.4, -0.2) is 29.5 Å². The number of thioether (sulfide) groups is 1. The highest BCUT2D eigenvalue weighted by atomic mass is 32.2. The number of carbonyl (C=O) groups excluding carboxylic acids is 1. The topological polar surface area (TPSA) is 50.8 Å². The molecule has 0 bridgehead atoms. The van der Waals surface area contributed by atoms with E-state index in [0.29, 0.717) is 20.7 Å². The molecule has 1 amide bonds. The first-order chi connectivity index (χ1) is 12.5. The second-order valence-corrected chi connectivity index (χ2v) is 7.28. The van der Waals surface area contributed by atoms with Gasteiger partial charge in [-0.3, -0.25) is 10.2 Å². The molecule has 1 fully saturated rings. The molecule has 2 aromatic rings. The third-order valence-corrected chi connectivity index (χ3v) is 5.12. The van der Waals surface area contributed by atoms with Crippen molar-refractivity contribution >= 4 is 46.0 Å². The summed E-state index contributed by atoms with van der Waals surface area (Å²) in [4.78, 5) is 13.3. The Morgan fingerprint density at radius 2 is 1.85 bits per heavy atom. The number of hydrogen-bond acceptors (Lipinski definition) is 6. The Bertz CT molecular complexity index is 879. The van der Waals surface area contributed by atoms with Gasteiger partial charge in [0.2, 0.25) is 0 Å². The monoisotopic (exact) mass is 386 g/mol. The Kier molecular flexibility index (Phi) is 5.49. The summed E-state index contributed by atoms with van der Waals surface area (Å²) in [5.74, 6) is 1.12. The summed E-state index contributed by atoms with van der Waals surface area (Å²) < 4.78 is 11.0. The first-order valence-electron chi connectivity index (χ1n) is 7.85. The number of carbonyl (C=O) groups is 1. The average Bonchev–Trinajstić information content (AvgIpc) is 2.91. The van der Waals surface area contributed by atoms with Crippen molar-refractivity contribution in [2.24, 2.45) is 0 Å². The molecule has 1 N–H and O–H groups in total. The largest absolute Gasteiger partial charge is 0.497 e. The highest BCUT2D eigenvalue weighted by Crippen LogP contribution is 2.35. The number of amides is 1. The molecule has 0 atom stereocenters. The molecule has 3 rings (SSSR count). The number of aryl methyl sites for hydroxylation is 1. The fourth-order valence-electron chi connectivity index (χ4n) is 2.40. The molecule has 134 valence electrons. The van der Waals surface area contributed by atoms with Crippen LogP contribution < -0.4 is 14.9 Å². The summed E-state index contributed by atoms with van der Waals surface area (Å²) in [6.45, 7) is 2.01. The van der Waals surface area contributed by atoms with Gasteiger partial charge in [-0.1, -0.05) is 29.5 Å². The third-order valence-electron chi connectivity index (χ3n) is 3.81. The van der Waals surface area contributed by atoms with Crippen LogP contribution in [0.5, 0.6) is 11.5 Å². The average molecular weight is 386 g/mol. The molecule has 26 heavy (non-hydrogen) atoms. The molecule has 1 aliphatic rings. The number of anilines is 1. The summed E-state index contributed by atoms with van der Waals surface area (Å²) in [7, 11) is 3.17.